The van der Waals surface area contributed by atoms with E-state index in [-0.39, 0.29) is 34.0 Å². The van der Waals surface area contributed by atoms with Crippen LogP contribution >= 0.6 is 0 Å². The molecule has 2 aliphatic heterocycles. The van der Waals surface area contributed by atoms with Crippen molar-refractivity contribution < 1.29 is 69.0 Å². The van der Waals surface area contributed by atoms with Crippen LogP contribution in [0.1, 0.15) is 6.92 Å². The number of aliphatic hydroxyl groups is 6. The van der Waals surface area contributed by atoms with Gasteiger partial charge in [-0.25, -0.2) is 0 Å². The van der Waals surface area contributed by atoms with Gasteiger partial charge in [-0.15, -0.1) is 0 Å². The Labute approximate surface area is 243 Å². The summed E-state index contributed by atoms with van der Waals surface area (Å²) in [4.78, 5) is 12.9. The molecule has 43 heavy (non-hydrogen) atoms. The quantitative estimate of drug-likeness (QED) is 0.159. The molecule has 0 aliphatic carbocycles. The molecule has 3 heterocycles. The molecule has 0 unspecified atom stereocenters. The molecule has 15 nitrogen and oxygen atoms in total. The van der Waals surface area contributed by atoms with Gasteiger partial charge in [-0.2, -0.15) is 0 Å². The molecule has 234 valence electrons. The van der Waals surface area contributed by atoms with Crippen LogP contribution in [-0.4, -0.2) is 116 Å². The smallest absolute Gasteiger partial charge is 0.229 e. The van der Waals surface area contributed by atoms with E-state index < -0.39 is 79.2 Å². The summed E-state index contributed by atoms with van der Waals surface area (Å²) < 4.78 is 33.5. The van der Waals surface area contributed by atoms with Crippen LogP contribution in [0.5, 0.6) is 23.0 Å². The number of hydrogen-bond donors (Lipinski definition) is 8. The van der Waals surface area contributed by atoms with Crippen LogP contribution in [0, 0.1) is 0 Å². The van der Waals surface area contributed by atoms with Crippen molar-refractivity contribution in [2.75, 3.05) is 13.7 Å². The second-order valence-electron chi connectivity index (χ2n) is 10.3. The predicted molar refractivity (Wildman–Crippen MR) is 143 cm³/mol. The molecule has 0 radical (unpaired) electrons. The van der Waals surface area contributed by atoms with Gasteiger partial charge in [-0.1, -0.05) is 0 Å². The Bertz CT molecular complexity index is 1510. The van der Waals surface area contributed by atoms with E-state index in [0.717, 1.165) is 12.1 Å². The minimum absolute atomic E-state index is 0.0410. The second-order valence-corrected chi connectivity index (χ2v) is 10.3. The van der Waals surface area contributed by atoms with E-state index in [1.807, 2.05) is 0 Å². The summed E-state index contributed by atoms with van der Waals surface area (Å²) in [5.74, 6) is -0.653. The molecule has 2 aromatic carbocycles. The van der Waals surface area contributed by atoms with E-state index in [4.69, 9.17) is 28.1 Å². The Morgan fingerprint density at radius 1 is 0.837 bits per heavy atom. The zero-order valence-corrected chi connectivity index (χ0v) is 22.9. The van der Waals surface area contributed by atoms with Gasteiger partial charge in [0.1, 0.15) is 64.9 Å². The van der Waals surface area contributed by atoms with Crippen LogP contribution in [-0.2, 0) is 14.2 Å². The average Bonchev–Trinajstić information content (AvgIpc) is 2.97. The summed E-state index contributed by atoms with van der Waals surface area (Å²) in [5.41, 5.74) is -0.414. The van der Waals surface area contributed by atoms with Gasteiger partial charge in [-0.3, -0.25) is 4.79 Å². The highest BCUT2D eigenvalue weighted by Crippen LogP contribution is 2.36. The lowest BCUT2D eigenvalue weighted by Gasteiger charge is -2.45. The van der Waals surface area contributed by atoms with Gasteiger partial charge in [0.2, 0.25) is 6.29 Å². The lowest BCUT2D eigenvalue weighted by atomic mass is 9.97. The minimum atomic E-state index is -1.77. The number of rotatable bonds is 7. The van der Waals surface area contributed by atoms with E-state index in [1.165, 1.54) is 32.2 Å². The summed E-state index contributed by atoms with van der Waals surface area (Å²) in [7, 11) is 1.38. The maximum Gasteiger partial charge on any atom is 0.229 e. The fourth-order valence-electron chi connectivity index (χ4n) is 5.01. The van der Waals surface area contributed by atoms with Crippen LogP contribution in [0.3, 0.4) is 0 Å². The predicted octanol–water partition coefficient (Wildman–Crippen LogP) is -1.09. The summed E-state index contributed by atoms with van der Waals surface area (Å²) in [6.45, 7) is 0.687. The van der Waals surface area contributed by atoms with Gasteiger partial charge >= 0.3 is 0 Å². The average molecular weight is 609 g/mol. The zero-order chi connectivity index (χ0) is 31.2. The molecule has 15 heteroatoms. The molecule has 2 saturated heterocycles. The van der Waals surface area contributed by atoms with Crippen LogP contribution < -0.4 is 14.9 Å². The molecule has 3 aromatic rings. The monoisotopic (exact) mass is 608 g/mol. The number of benzene rings is 2. The molecule has 2 aliphatic rings. The van der Waals surface area contributed by atoms with Crippen LogP contribution in [0.4, 0.5) is 0 Å². The van der Waals surface area contributed by atoms with Crippen molar-refractivity contribution in [2.45, 2.75) is 68.3 Å². The van der Waals surface area contributed by atoms with E-state index in [0.29, 0.717) is 5.56 Å². The normalized spacial score (nSPS) is 32.9. The third-order valence-corrected chi connectivity index (χ3v) is 7.42. The Hall–Kier alpha value is -3.51. The molecule has 0 spiro atoms. The second kappa shape index (κ2) is 12.2. The Morgan fingerprint density at radius 2 is 1.58 bits per heavy atom. The topological polar surface area (TPSA) is 238 Å². The SMILES string of the molecule is COc1ccc(-c2cc(=O)c3c(O)cc(O[C@@H]4O[C@@H](CO)[C@@H](O)[C@H](O)[C@H]4O[C@@H]4O[C@H](C)[C@H](O)[C@H](O)[C@H]4O)cc3o2)cc1O. The van der Waals surface area contributed by atoms with Crippen LogP contribution in [0.2, 0.25) is 0 Å². The highest BCUT2D eigenvalue weighted by molar-refractivity contribution is 5.86. The molecular weight excluding hydrogens is 576 g/mol. The Morgan fingerprint density at radius 3 is 2.26 bits per heavy atom. The molecule has 0 bridgehead atoms. The van der Waals surface area contributed by atoms with Gasteiger partial charge in [0.25, 0.3) is 0 Å². The molecule has 10 atom stereocenters. The van der Waals surface area contributed by atoms with Crippen molar-refractivity contribution in [3.63, 3.8) is 0 Å². The minimum Gasteiger partial charge on any atom is -0.507 e. The Balaban J connectivity index is 1.48. The van der Waals surface area contributed by atoms with E-state index >= 15 is 0 Å². The van der Waals surface area contributed by atoms with Crippen molar-refractivity contribution in [3.05, 3.63) is 46.6 Å². The zero-order valence-electron chi connectivity index (χ0n) is 22.9. The lowest BCUT2D eigenvalue weighted by molar-refractivity contribution is -0.354. The number of methoxy groups -OCH3 is 1. The first-order valence-electron chi connectivity index (χ1n) is 13.3. The molecule has 8 N–H and O–H groups in total. The largest absolute Gasteiger partial charge is 0.507 e. The van der Waals surface area contributed by atoms with Crippen LogP contribution in [0.15, 0.2) is 45.6 Å². The maximum atomic E-state index is 12.9. The number of aromatic hydroxyl groups is 2. The standard InChI is InChI=1S/C28H32O15/c1-10-21(33)23(35)25(37)27(39-10)43-26-24(36)22(34)19(9-29)42-28(26)40-12-6-14(31)20-15(32)8-17(41-18(20)7-12)11-3-4-16(38-2)13(30)5-11/h3-8,10,19,21-31,33-37H,9H2,1-2H3/t10-,19+,21+,22-,23+,24+,25-,26-,27+,28-/m1/s1. The molecule has 0 amide bonds. The van der Waals surface area contributed by atoms with Gasteiger partial charge in [0.05, 0.1) is 19.8 Å². The van der Waals surface area contributed by atoms with Crippen LogP contribution in [0.25, 0.3) is 22.3 Å². The van der Waals surface area contributed by atoms with Crippen molar-refractivity contribution >= 4 is 11.0 Å². The van der Waals surface area contributed by atoms with Gasteiger partial charge in [0, 0.05) is 23.8 Å². The summed E-state index contributed by atoms with van der Waals surface area (Å²) in [5, 5.41) is 82.2. The van der Waals surface area contributed by atoms with Gasteiger partial charge in [-0.05, 0) is 25.1 Å². The number of ether oxygens (including phenoxy) is 5. The molecular formula is C28H32O15. The summed E-state index contributed by atoms with van der Waals surface area (Å²) in [6, 6.07) is 7.77. The first-order valence-corrected chi connectivity index (χ1v) is 13.3. The van der Waals surface area contributed by atoms with Crippen molar-refractivity contribution in [2.24, 2.45) is 0 Å². The number of phenols is 2. The third kappa shape index (κ3) is 5.86. The highest BCUT2D eigenvalue weighted by Gasteiger charge is 2.50. The van der Waals surface area contributed by atoms with Crippen molar-refractivity contribution in [1.82, 2.24) is 0 Å². The fraction of sp³-hybridized carbons (Fsp3) is 0.464. The number of phenolic OH excluding ortho intramolecular Hbond substituents is 2. The first-order chi connectivity index (χ1) is 20.4. The Kier molecular flexibility index (Phi) is 8.80. The van der Waals surface area contributed by atoms with E-state index in [1.54, 1.807) is 6.07 Å². The number of hydrogen-bond acceptors (Lipinski definition) is 15. The summed E-state index contributed by atoms with van der Waals surface area (Å²) in [6.07, 6.45) is -15.4. The summed E-state index contributed by atoms with van der Waals surface area (Å²) >= 11 is 0. The first kappa shape index (κ1) is 30.9. The van der Waals surface area contributed by atoms with Crippen molar-refractivity contribution in [3.8, 4) is 34.3 Å². The van der Waals surface area contributed by atoms with E-state index in [2.05, 4.69) is 0 Å². The number of fused-ring (bicyclic) bond motifs is 1. The van der Waals surface area contributed by atoms with Crippen molar-refractivity contribution in [1.29, 1.82) is 0 Å². The third-order valence-electron chi connectivity index (χ3n) is 7.42. The van der Waals surface area contributed by atoms with Gasteiger partial charge in [0.15, 0.2) is 29.3 Å². The molecule has 0 saturated carbocycles. The molecule has 5 rings (SSSR count). The maximum absolute atomic E-state index is 12.9. The number of aliphatic hydroxyl groups excluding tert-OH is 6. The van der Waals surface area contributed by atoms with E-state index in [9.17, 15) is 45.6 Å². The highest BCUT2D eigenvalue weighted by atomic mass is 16.8. The molecule has 1 aromatic heterocycles. The molecule has 2 fully saturated rings. The fourth-order valence-corrected chi connectivity index (χ4v) is 5.01. The lowest BCUT2D eigenvalue weighted by Crippen LogP contribution is -2.64. The van der Waals surface area contributed by atoms with Gasteiger partial charge < -0.3 is 69.0 Å².